The zero-order valence-corrected chi connectivity index (χ0v) is 14.3. The maximum Gasteiger partial charge on any atom is 0.272 e. The van der Waals surface area contributed by atoms with Crippen LogP contribution in [0.4, 0.5) is 0 Å². The first-order valence-corrected chi connectivity index (χ1v) is 8.17. The fourth-order valence-corrected chi connectivity index (χ4v) is 2.35. The van der Waals surface area contributed by atoms with E-state index in [9.17, 15) is 4.79 Å². The van der Waals surface area contributed by atoms with E-state index in [2.05, 4.69) is 15.5 Å². The van der Waals surface area contributed by atoms with Gasteiger partial charge in [0.15, 0.2) is 6.73 Å². The molecule has 2 aromatic heterocycles. The number of aromatic nitrogens is 4. The van der Waals surface area contributed by atoms with Gasteiger partial charge >= 0.3 is 0 Å². The highest BCUT2D eigenvalue weighted by Crippen LogP contribution is 2.16. The maximum absolute atomic E-state index is 12.2. The summed E-state index contributed by atoms with van der Waals surface area (Å²) in [5.41, 5.74) is 2.37. The quantitative estimate of drug-likeness (QED) is 0.717. The summed E-state index contributed by atoms with van der Waals surface area (Å²) in [6.45, 7) is 5.48. The molecule has 0 bridgehead atoms. The predicted molar refractivity (Wildman–Crippen MR) is 93.1 cm³/mol. The van der Waals surface area contributed by atoms with Gasteiger partial charge in [0.05, 0.1) is 6.20 Å². The zero-order chi connectivity index (χ0) is 17.6. The standard InChI is InChI=1S/C18H21N5O2/c1-3-22-12-15(11-20-22)10-19-18(24)16-8-9-23(21-16)13-25-17-7-5-4-6-14(17)2/h4-9,11-12H,3,10,13H2,1-2H3,(H,19,24). The van der Waals surface area contributed by atoms with E-state index in [-0.39, 0.29) is 12.6 Å². The SMILES string of the molecule is CCn1cc(CNC(=O)c2ccn(COc3ccccc3C)n2)cn1. The van der Waals surface area contributed by atoms with Gasteiger partial charge in [-0.25, -0.2) is 4.68 Å². The first-order chi connectivity index (χ1) is 12.2. The summed E-state index contributed by atoms with van der Waals surface area (Å²) in [4.78, 5) is 12.2. The van der Waals surface area contributed by atoms with Crippen LogP contribution in [0.2, 0.25) is 0 Å². The van der Waals surface area contributed by atoms with E-state index in [1.807, 2.05) is 49.0 Å². The number of rotatable bonds is 7. The Balaban J connectivity index is 1.53. The Morgan fingerprint density at radius 2 is 2.08 bits per heavy atom. The smallest absolute Gasteiger partial charge is 0.272 e. The molecule has 0 atom stereocenters. The Labute approximate surface area is 146 Å². The van der Waals surface area contributed by atoms with Crippen molar-refractivity contribution >= 4 is 5.91 Å². The van der Waals surface area contributed by atoms with Crippen molar-refractivity contribution in [3.63, 3.8) is 0 Å². The van der Waals surface area contributed by atoms with Crippen molar-refractivity contribution in [1.82, 2.24) is 24.9 Å². The lowest BCUT2D eigenvalue weighted by atomic mass is 10.2. The van der Waals surface area contributed by atoms with Gasteiger partial charge in [0, 0.05) is 31.0 Å². The van der Waals surface area contributed by atoms with Crippen molar-refractivity contribution in [2.24, 2.45) is 0 Å². The normalized spacial score (nSPS) is 10.6. The van der Waals surface area contributed by atoms with Gasteiger partial charge in [-0.1, -0.05) is 18.2 Å². The Bertz CT molecular complexity index is 853. The number of amides is 1. The Kier molecular flexibility index (Phi) is 5.13. The Hall–Kier alpha value is -3.09. The minimum absolute atomic E-state index is 0.223. The van der Waals surface area contributed by atoms with Gasteiger partial charge in [0.1, 0.15) is 11.4 Å². The third-order valence-electron chi connectivity index (χ3n) is 3.78. The van der Waals surface area contributed by atoms with Crippen molar-refractivity contribution in [2.75, 3.05) is 0 Å². The lowest BCUT2D eigenvalue weighted by molar-refractivity contribution is 0.0944. The highest BCUT2D eigenvalue weighted by atomic mass is 16.5. The summed E-state index contributed by atoms with van der Waals surface area (Å²) >= 11 is 0. The van der Waals surface area contributed by atoms with Crippen LogP contribution in [0.3, 0.4) is 0 Å². The number of hydrogen-bond donors (Lipinski definition) is 1. The monoisotopic (exact) mass is 339 g/mol. The third-order valence-corrected chi connectivity index (χ3v) is 3.78. The van der Waals surface area contributed by atoms with Crippen LogP contribution >= 0.6 is 0 Å². The molecule has 0 saturated carbocycles. The average molecular weight is 339 g/mol. The van der Waals surface area contributed by atoms with Gasteiger partial charge in [-0.2, -0.15) is 10.2 Å². The minimum Gasteiger partial charge on any atom is -0.471 e. The fourth-order valence-electron chi connectivity index (χ4n) is 2.35. The number of nitrogens with zero attached hydrogens (tertiary/aromatic N) is 4. The van der Waals surface area contributed by atoms with Crippen LogP contribution < -0.4 is 10.1 Å². The number of ether oxygens (including phenoxy) is 1. The van der Waals surface area contributed by atoms with Crippen molar-refractivity contribution in [3.8, 4) is 5.75 Å². The minimum atomic E-state index is -0.223. The maximum atomic E-state index is 12.2. The molecular formula is C18H21N5O2. The molecule has 1 aromatic carbocycles. The van der Waals surface area contributed by atoms with Crippen LogP contribution in [-0.4, -0.2) is 25.5 Å². The molecule has 7 heteroatoms. The Morgan fingerprint density at radius 1 is 1.24 bits per heavy atom. The molecule has 130 valence electrons. The Morgan fingerprint density at radius 3 is 2.84 bits per heavy atom. The number of carbonyl (C=O) groups excluding carboxylic acids is 1. The van der Waals surface area contributed by atoms with E-state index < -0.39 is 0 Å². The van der Waals surface area contributed by atoms with Gasteiger partial charge in [0.25, 0.3) is 5.91 Å². The van der Waals surface area contributed by atoms with Crippen molar-refractivity contribution in [2.45, 2.75) is 33.7 Å². The van der Waals surface area contributed by atoms with Crippen LogP contribution in [0.5, 0.6) is 5.75 Å². The summed E-state index contributed by atoms with van der Waals surface area (Å²) in [5, 5.41) is 11.3. The summed E-state index contributed by atoms with van der Waals surface area (Å²) in [6.07, 6.45) is 5.38. The first kappa shape index (κ1) is 16.8. The summed E-state index contributed by atoms with van der Waals surface area (Å²) in [5.74, 6) is 0.579. The van der Waals surface area contributed by atoms with Gasteiger partial charge in [-0.15, -0.1) is 0 Å². The van der Waals surface area contributed by atoms with Crippen LogP contribution in [0, 0.1) is 6.92 Å². The number of benzene rings is 1. The zero-order valence-electron chi connectivity index (χ0n) is 14.3. The van der Waals surface area contributed by atoms with Crippen LogP contribution in [0.15, 0.2) is 48.9 Å². The molecule has 7 nitrogen and oxygen atoms in total. The number of carbonyl (C=O) groups is 1. The second kappa shape index (κ2) is 7.65. The first-order valence-electron chi connectivity index (χ1n) is 8.17. The molecule has 0 aliphatic rings. The summed E-state index contributed by atoms with van der Waals surface area (Å²) in [7, 11) is 0. The van der Waals surface area contributed by atoms with Gasteiger partial charge in [-0.05, 0) is 31.5 Å². The molecule has 0 radical (unpaired) electrons. The predicted octanol–water partition coefficient (Wildman–Crippen LogP) is 2.37. The molecular weight excluding hydrogens is 318 g/mol. The van der Waals surface area contributed by atoms with E-state index in [4.69, 9.17) is 4.74 Å². The average Bonchev–Trinajstić information content (AvgIpc) is 3.28. The molecule has 0 unspecified atom stereocenters. The topological polar surface area (TPSA) is 74.0 Å². The molecule has 25 heavy (non-hydrogen) atoms. The van der Waals surface area contributed by atoms with Crippen molar-refractivity contribution in [3.05, 3.63) is 65.7 Å². The molecule has 0 spiro atoms. The van der Waals surface area contributed by atoms with Crippen LogP contribution in [-0.2, 0) is 19.8 Å². The van der Waals surface area contributed by atoms with E-state index in [1.54, 1.807) is 23.1 Å². The van der Waals surface area contributed by atoms with E-state index in [0.29, 0.717) is 12.2 Å². The second-order valence-electron chi connectivity index (χ2n) is 5.67. The van der Waals surface area contributed by atoms with Gasteiger partial charge < -0.3 is 10.1 Å². The molecule has 0 saturated heterocycles. The highest BCUT2D eigenvalue weighted by molar-refractivity contribution is 5.92. The van der Waals surface area contributed by atoms with Crippen molar-refractivity contribution in [1.29, 1.82) is 0 Å². The van der Waals surface area contributed by atoms with Crippen LogP contribution in [0.1, 0.15) is 28.5 Å². The van der Waals surface area contributed by atoms with Gasteiger partial charge in [-0.3, -0.25) is 9.48 Å². The number of hydrogen-bond acceptors (Lipinski definition) is 4. The lowest BCUT2D eigenvalue weighted by Gasteiger charge is -2.08. The summed E-state index contributed by atoms with van der Waals surface area (Å²) in [6, 6.07) is 9.45. The van der Waals surface area contributed by atoms with E-state index >= 15 is 0 Å². The molecule has 2 heterocycles. The fraction of sp³-hybridized carbons (Fsp3) is 0.278. The summed E-state index contributed by atoms with van der Waals surface area (Å²) < 4.78 is 9.13. The molecule has 1 N–H and O–H groups in total. The molecule has 1 amide bonds. The van der Waals surface area contributed by atoms with Gasteiger partial charge in [0.2, 0.25) is 0 Å². The highest BCUT2D eigenvalue weighted by Gasteiger charge is 2.10. The van der Waals surface area contributed by atoms with E-state index in [0.717, 1.165) is 23.4 Å². The molecule has 3 rings (SSSR count). The molecule has 0 aliphatic heterocycles. The molecule has 3 aromatic rings. The lowest BCUT2D eigenvalue weighted by Crippen LogP contribution is -2.23. The number of para-hydroxylation sites is 1. The molecule has 0 fully saturated rings. The number of nitrogens with one attached hydrogen (secondary N) is 1. The molecule has 0 aliphatic carbocycles. The van der Waals surface area contributed by atoms with Crippen LogP contribution in [0.25, 0.3) is 0 Å². The second-order valence-corrected chi connectivity index (χ2v) is 5.67. The number of aryl methyl sites for hydroxylation is 2. The van der Waals surface area contributed by atoms with Crippen molar-refractivity contribution < 1.29 is 9.53 Å². The largest absolute Gasteiger partial charge is 0.471 e. The third kappa shape index (κ3) is 4.26. The van der Waals surface area contributed by atoms with E-state index in [1.165, 1.54) is 0 Å².